The Labute approximate surface area is 74.7 Å². The summed E-state index contributed by atoms with van der Waals surface area (Å²) >= 11 is 5.58. The van der Waals surface area contributed by atoms with Crippen LogP contribution < -0.4 is 0 Å². The third-order valence-corrected chi connectivity index (χ3v) is 2.58. The highest BCUT2D eigenvalue weighted by Crippen LogP contribution is 2.25. The minimum Gasteiger partial charge on any atom is -0.303 e. The van der Waals surface area contributed by atoms with Crippen molar-refractivity contribution in [2.45, 2.75) is 38.1 Å². The average molecular weight is 176 g/mol. The SMILES string of the molecule is CN(CCCCCCl)C1CC1. The first-order valence-electron chi connectivity index (χ1n) is 4.61. The van der Waals surface area contributed by atoms with E-state index in [2.05, 4.69) is 11.9 Å². The molecule has 1 rings (SSSR count). The molecule has 0 bridgehead atoms. The van der Waals surface area contributed by atoms with Crippen molar-refractivity contribution in [2.24, 2.45) is 0 Å². The molecule has 66 valence electrons. The van der Waals surface area contributed by atoms with Gasteiger partial charge in [-0.25, -0.2) is 0 Å². The van der Waals surface area contributed by atoms with Gasteiger partial charge in [-0.3, -0.25) is 0 Å². The fraction of sp³-hybridized carbons (Fsp3) is 1.00. The number of alkyl halides is 1. The van der Waals surface area contributed by atoms with E-state index in [0.29, 0.717) is 0 Å². The van der Waals surface area contributed by atoms with Gasteiger partial charge in [0.15, 0.2) is 0 Å². The molecule has 1 fully saturated rings. The summed E-state index contributed by atoms with van der Waals surface area (Å²) in [6, 6.07) is 0.922. The van der Waals surface area contributed by atoms with Crippen molar-refractivity contribution in [3.8, 4) is 0 Å². The van der Waals surface area contributed by atoms with Gasteiger partial charge in [-0.05, 0) is 39.3 Å². The lowest BCUT2D eigenvalue weighted by molar-refractivity contribution is 0.316. The molecule has 1 aliphatic carbocycles. The van der Waals surface area contributed by atoms with Gasteiger partial charge in [0.2, 0.25) is 0 Å². The van der Waals surface area contributed by atoms with Crippen LogP contribution in [0.1, 0.15) is 32.1 Å². The topological polar surface area (TPSA) is 3.24 Å². The van der Waals surface area contributed by atoms with Gasteiger partial charge in [0.1, 0.15) is 0 Å². The van der Waals surface area contributed by atoms with E-state index >= 15 is 0 Å². The highest BCUT2D eigenvalue weighted by atomic mass is 35.5. The van der Waals surface area contributed by atoms with Crippen LogP contribution in [0.25, 0.3) is 0 Å². The molecule has 0 saturated heterocycles. The molecule has 1 saturated carbocycles. The molecule has 11 heavy (non-hydrogen) atoms. The fourth-order valence-corrected chi connectivity index (χ4v) is 1.52. The maximum Gasteiger partial charge on any atom is 0.0223 e. The lowest BCUT2D eigenvalue weighted by atomic mass is 10.2. The summed E-state index contributed by atoms with van der Waals surface area (Å²) in [4.78, 5) is 2.48. The van der Waals surface area contributed by atoms with Crippen LogP contribution in [0.2, 0.25) is 0 Å². The Morgan fingerprint density at radius 2 is 2.00 bits per heavy atom. The monoisotopic (exact) mass is 175 g/mol. The van der Waals surface area contributed by atoms with Crippen molar-refractivity contribution in [2.75, 3.05) is 19.5 Å². The number of halogens is 1. The Morgan fingerprint density at radius 1 is 1.27 bits per heavy atom. The van der Waals surface area contributed by atoms with E-state index < -0.39 is 0 Å². The van der Waals surface area contributed by atoms with Gasteiger partial charge in [0.05, 0.1) is 0 Å². The first-order valence-corrected chi connectivity index (χ1v) is 5.14. The minimum absolute atomic E-state index is 0.827. The van der Waals surface area contributed by atoms with E-state index in [1.807, 2.05) is 0 Å². The van der Waals surface area contributed by atoms with Crippen LogP contribution in [-0.2, 0) is 0 Å². The standard InChI is InChI=1S/C9H18ClN/c1-11(9-5-6-9)8-4-2-3-7-10/h9H,2-8H2,1H3. The Hall–Kier alpha value is 0.250. The van der Waals surface area contributed by atoms with Gasteiger partial charge in [-0.1, -0.05) is 6.42 Å². The number of hydrogen-bond donors (Lipinski definition) is 0. The number of rotatable bonds is 6. The lowest BCUT2D eigenvalue weighted by Crippen LogP contribution is -2.21. The van der Waals surface area contributed by atoms with Crippen molar-refractivity contribution >= 4 is 11.6 Å². The molecule has 0 atom stereocenters. The van der Waals surface area contributed by atoms with Crippen molar-refractivity contribution in [1.82, 2.24) is 4.90 Å². The van der Waals surface area contributed by atoms with E-state index in [-0.39, 0.29) is 0 Å². The molecular weight excluding hydrogens is 158 g/mol. The number of nitrogens with zero attached hydrogens (tertiary/aromatic N) is 1. The third kappa shape index (κ3) is 3.97. The lowest BCUT2D eigenvalue weighted by Gasteiger charge is -2.14. The van der Waals surface area contributed by atoms with E-state index in [4.69, 9.17) is 11.6 Å². The summed E-state index contributed by atoms with van der Waals surface area (Å²) in [5, 5.41) is 0. The van der Waals surface area contributed by atoms with Crippen LogP contribution in [0.5, 0.6) is 0 Å². The van der Waals surface area contributed by atoms with Crippen LogP contribution in [0.15, 0.2) is 0 Å². The Morgan fingerprint density at radius 3 is 2.55 bits per heavy atom. The molecule has 0 radical (unpaired) electrons. The Kier molecular flexibility index (Phi) is 4.24. The normalized spacial score (nSPS) is 17.7. The van der Waals surface area contributed by atoms with E-state index in [9.17, 15) is 0 Å². The Balaban J connectivity index is 1.85. The molecule has 1 nitrogen and oxygen atoms in total. The molecule has 0 aromatic heterocycles. The molecule has 0 aromatic carbocycles. The largest absolute Gasteiger partial charge is 0.303 e. The second-order valence-corrected chi connectivity index (χ2v) is 3.84. The summed E-state index contributed by atoms with van der Waals surface area (Å²) in [5.41, 5.74) is 0. The molecule has 0 spiro atoms. The van der Waals surface area contributed by atoms with Gasteiger partial charge in [0, 0.05) is 11.9 Å². The van der Waals surface area contributed by atoms with Gasteiger partial charge in [-0.2, -0.15) is 0 Å². The van der Waals surface area contributed by atoms with Crippen LogP contribution in [0.3, 0.4) is 0 Å². The first-order chi connectivity index (χ1) is 5.34. The maximum atomic E-state index is 5.58. The van der Waals surface area contributed by atoms with Crippen molar-refractivity contribution in [3.63, 3.8) is 0 Å². The van der Waals surface area contributed by atoms with Crippen molar-refractivity contribution in [1.29, 1.82) is 0 Å². The zero-order chi connectivity index (χ0) is 8.10. The van der Waals surface area contributed by atoms with Crippen LogP contribution in [-0.4, -0.2) is 30.4 Å². The second-order valence-electron chi connectivity index (χ2n) is 3.46. The third-order valence-electron chi connectivity index (χ3n) is 2.31. The smallest absolute Gasteiger partial charge is 0.0223 e. The van der Waals surface area contributed by atoms with E-state index in [1.165, 1.54) is 38.6 Å². The number of unbranched alkanes of at least 4 members (excludes halogenated alkanes) is 2. The van der Waals surface area contributed by atoms with Crippen molar-refractivity contribution in [3.05, 3.63) is 0 Å². The molecule has 2 heteroatoms. The molecule has 1 aliphatic rings. The molecule has 0 N–H and O–H groups in total. The highest BCUT2D eigenvalue weighted by molar-refractivity contribution is 6.17. The number of hydrogen-bond acceptors (Lipinski definition) is 1. The zero-order valence-corrected chi connectivity index (χ0v) is 8.11. The molecule has 0 amide bonds. The summed E-state index contributed by atoms with van der Waals surface area (Å²) in [7, 11) is 2.23. The predicted molar refractivity (Wildman–Crippen MR) is 50.2 cm³/mol. The van der Waals surface area contributed by atoms with Gasteiger partial charge in [-0.15, -0.1) is 11.6 Å². The van der Waals surface area contributed by atoms with E-state index in [1.54, 1.807) is 0 Å². The van der Waals surface area contributed by atoms with Crippen LogP contribution in [0.4, 0.5) is 0 Å². The quantitative estimate of drug-likeness (QED) is 0.443. The average Bonchev–Trinajstić information content (AvgIpc) is 2.79. The minimum atomic E-state index is 0.827. The van der Waals surface area contributed by atoms with Gasteiger partial charge < -0.3 is 4.90 Å². The van der Waals surface area contributed by atoms with Gasteiger partial charge in [0.25, 0.3) is 0 Å². The molecular formula is C9H18ClN. The zero-order valence-electron chi connectivity index (χ0n) is 7.35. The molecule has 0 aromatic rings. The van der Waals surface area contributed by atoms with E-state index in [0.717, 1.165) is 11.9 Å². The molecule has 0 aliphatic heterocycles. The summed E-state index contributed by atoms with van der Waals surface area (Å²) in [5.74, 6) is 0.827. The summed E-state index contributed by atoms with van der Waals surface area (Å²) in [6.45, 7) is 1.27. The van der Waals surface area contributed by atoms with Crippen LogP contribution >= 0.6 is 11.6 Å². The highest BCUT2D eigenvalue weighted by Gasteiger charge is 2.25. The maximum absolute atomic E-state index is 5.58. The van der Waals surface area contributed by atoms with Crippen LogP contribution in [0, 0.1) is 0 Å². The van der Waals surface area contributed by atoms with Crippen molar-refractivity contribution < 1.29 is 0 Å². The summed E-state index contributed by atoms with van der Waals surface area (Å²) < 4.78 is 0. The molecule has 0 heterocycles. The predicted octanol–water partition coefficient (Wildman–Crippen LogP) is 2.49. The Bertz CT molecular complexity index is 102. The first kappa shape index (κ1) is 9.34. The van der Waals surface area contributed by atoms with Gasteiger partial charge >= 0.3 is 0 Å². The fourth-order valence-electron chi connectivity index (χ4n) is 1.33. The summed E-state index contributed by atoms with van der Waals surface area (Å²) in [6.07, 6.45) is 6.64. The second kappa shape index (κ2) is 5.00. The molecule has 0 unspecified atom stereocenters.